The summed E-state index contributed by atoms with van der Waals surface area (Å²) in [5.74, 6) is 0.511. The molecule has 0 unspecified atom stereocenters. The molecule has 0 saturated heterocycles. The van der Waals surface area contributed by atoms with Gasteiger partial charge in [-0.3, -0.25) is 18.4 Å². The molecular formula is C20H41O7P. The van der Waals surface area contributed by atoms with Crippen molar-refractivity contribution in [2.45, 2.75) is 90.6 Å². The predicted molar refractivity (Wildman–Crippen MR) is 110 cm³/mol. The monoisotopic (exact) mass is 424 g/mol. The van der Waals surface area contributed by atoms with Gasteiger partial charge in [-0.2, -0.15) is 0 Å². The fraction of sp³-hybridized carbons (Fsp3) is 0.950. The number of unbranched alkanes of at least 4 members (excludes halogenated alkanes) is 7. The van der Waals surface area contributed by atoms with E-state index in [1.807, 2.05) is 0 Å². The Balaban J connectivity index is 3.52. The molecule has 0 aromatic rings. The molecule has 0 aliphatic carbocycles. The van der Waals surface area contributed by atoms with Gasteiger partial charge in [0.05, 0.1) is 6.61 Å². The summed E-state index contributed by atoms with van der Waals surface area (Å²) in [6, 6.07) is 0. The van der Waals surface area contributed by atoms with Gasteiger partial charge in [-0.15, -0.1) is 0 Å². The molecule has 0 bridgehead atoms. The number of aliphatic hydroxyl groups is 1. The van der Waals surface area contributed by atoms with Crippen LogP contribution in [0.3, 0.4) is 0 Å². The standard InChI is InChI=1S/C20H41O7P/c1-5-18(2)14-12-10-8-6-7-9-11-13-15-20(22)26-16-19(21)17-27-28(23,24-3)25-4/h18-19,21H,5-17H2,1-4H3/t18-,19-/m0/s1. The van der Waals surface area contributed by atoms with Crippen molar-refractivity contribution in [2.75, 3.05) is 27.4 Å². The van der Waals surface area contributed by atoms with Crippen molar-refractivity contribution in [1.82, 2.24) is 0 Å². The molecule has 0 heterocycles. The van der Waals surface area contributed by atoms with Crippen LogP contribution < -0.4 is 0 Å². The lowest BCUT2D eigenvalue weighted by Crippen LogP contribution is -2.23. The van der Waals surface area contributed by atoms with E-state index >= 15 is 0 Å². The molecule has 0 aromatic carbocycles. The summed E-state index contributed by atoms with van der Waals surface area (Å²) >= 11 is 0. The van der Waals surface area contributed by atoms with E-state index in [1.165, 1.54) is 59.2 Å². The van der Waals surface area contributed by atoms with Crippen LogP contribution in [0.2, 0.25) is 0 Å². The summed E-state index contributed by atoms with van der Waals surface area (Å²) in [7, 11) is -1.26. The maximum atomic E-state index is 11.7. The van der Waals surface area contributed by atoms with Crippen LogP contribution in [0.4, 0.5) is 0 Å². The first-order valence-corrected chi connectivity index (χ1v) is 12.0. The fourth-order valence-corrected chi connectivity index (χ4v) is 3.41. The summed E-state index contributed by atoms with van der Waals surface area (Å²) in [5.41, 5.74) is 0. The normalized spacial score (nSPS) is 14.0. The van der Waals surface area contributed by atoms with Crippen LogP contribution in [0.25, 0.3) is 0 Å². The first-order valence-electron chi connectivity index (χ1n) is 10.6. The zero-order valence-corrected chi connectivity index (χ0v) is 19.1. The molecule has 2 atom stereocenters. The molecule has 0 aliphatic heterocycles. The summed E-state index contributed by atoms with van der Waals surface area (Å²) in [5, 5.41) is 9.69. The second-order valence-corrected chi connectivity index (χ2v) is 9.21. The van der Waals surface area contributed by atoms with E-state index in [2.05, 4.69) is 22.9 Å². The second-order valence-electron chi connectivity index (χ2n) is 7.33. The molecule has 0 fully saturated rings. The van der Waals surface area contributed by atoms with Crippen LogP contribution in [-0.4, -0.2) is 44.6 Å². The minimum atomic E-state index is -3.63. The summed E-state index contributed by atoms with van der Waals surface area (Å²) in [6.07, 6.45) is 11.3. The van der Waals surface area contributed by atoms with E-state index in [4.69, 9.17) is 9.26 Å². The number of rotatable bonds is 19. The van der Waals surface area contributed by atoms with Crippen LogP contribution in [0, 0.1) is 5.92 Å². The Morgan fingerprint density at radius 3 is 2.00 bits per heavy atom. The van der Waals surface area contributed by atoms with Gasteiger partial charge in [-0.25, -0.2) is 4.57 Å². The molecule has 168 valence electrons. The van der Waals surface area contributed by atoms with Gasteiger partial charge < -0.3 is 9.84 Å². The molecule has 0 rings (SSSR count). The van der Waals surface area contributed by atoms with Crippen molar-refractivity contribution in [3.05, 3.63) is 0 Å². The molecule has 0 aliphatic rings. The molecule has 8 heteroatoms. The molecule has 0 aromatic heterocycles. The third-order valence-electron chi connectivity index (χ3n) is 4.83. The Morgan fingerprint density at radius 1 is 0.929 bits per heavy atom. The summed E-state index contributed by atoms with van der Waals surface area (Å²) < 4.78 is 30.7. The number of hydrogen-bond donors (Lipinski definition) is 1. The number of aliphatic hydroxyl groups excluding tert-OH is 1. The quantitative estimate of drug-likeness (QED) is 0.172. The minimum Gasteiger partial charge on any atom is -0.463 e. The van der Waals surface area contributed by atoms with Crippen LogP contribution in [0.5, 0.6) is 0 Å². The zero-order valence-electron chi connectivity index (χ0n) is 18.2. The number of ether oxygens (including phenoxy) is 1. The Hall–Kier alpha value is -0.460. The molecule has 0 spiro atoms. The second kappa shape index (κ2) is 17.4. The number of phosphoric ester groups is 1. The molecule has 0 amide bonds. The van der Waals surface area contributed by atoms with Crippen LogP contribution in [0.15, 0.2) is 0 Å². The number of esters is 1. The highest BCUT2D eigenvalue weighted by molar-refractivity contribution is 7.48. The Labute approximate surface area is 171 Å². The van der Waals surface area contributed by atoms with Crippen molar-refractivity contribution in [1.29, 1.82) is 0 Å². The lowest BCUT2D eigenvalue weighted by Gasteiger charge is -2.16. The van der Waals surface area contributed by atoms with Crippen molar-refractivity contribution in [2.24, 2.45) is 5.92 Å². The van der Waals surface area contributed by atoms with Crippen molar-refractivity contribution in [3.63, 3.8) is 0 Å². The smallest absolute Gasteiger partial charge is 0.463 e. The summed E-state index contributed by atoms with van der Waals surface area (Å²) in [4.78, 5) is 11.7. The van der Waals surface area contributed by atoms with Crippen molar-refractivity contribution in [3.8, 4) is 0 Å². The maximum absolute atomic E-state index is 11.7. The van der Waals surface area contributed by atoms with Gasteiger partial charge in [-0.05, 0) is 12.3 Å². The molecule has 28 heavy (non-hydrogen) atoms. The first kappa shape index (κ1) is 27.5. The van der Waals surface area contributed by atoms with Crippen molar-refractivity contribution >= 4 is 13.8 Å². The van der Waals surface area contributed by atoms with Crippen LogP contribution >= 0.6 is 7.82 Å². The molecule has 0 radical (unpaired) electrons. The Bertz CT molecular complexity index is 423. The van der Waals surface area contributed by atoms with E-state index in [9.17, 15) is 14.5 Å². The largest absolute Gasteiger partial charge is 0.474 e. The third kappa shape index (κ3) is 15.5. The van der Waals surface area contributed by atoms with Crippen molar-refractivity contribution < 1.29 is 32.8 Å². The summed E-state index contributed by atoms with van der Waals surface area (Å²) in [6.45, 7) is 4.06. The Morgan fingerprint density at radius 2 is 1.46 bits per heavy atom. The average molecular weight is 425 g/mol. The highest BCUT2D eigenvalue weighted by atomic mass is 31.2. The van der Waals surface area contributed by atoms with Gasteiger partial charge in [-0.1, -0.05) is 71.6 Å². The molecular weight excluding hydrogens is 383 g/mol. The van der Waals surface area contributed by atoms with E-state index in [1.54, 1.807) is 0 Å². The maximum Gasteiger partial charge on any atom is 0.474 e. The topological polar surface area (TPSA) is 91.3 Å². The number of phosphoric acid groups is 1. The van der Waals surface area contributed by atoms with Gasteiger partial charge in [0.15, 0.2) is 0 Å². The van der Waals surface area contributed by atoms with Crippen LogP contribution in [-0.2, 0) is 27.7 Å². The van der Waals surface area contributed by atoms with E-state index in [-0.39, 0.29) is 19.2 Å². The number of carbonyl (C=O) groups is 1. The van der Waals surface area contributed by atoms with E-state index in [0.717, 1.165) is 25.2 Å². The Kier molecular flexibility index (Phi) is 17.1. The minimum absolute atomic E-state index is 0.205. The lowest BCUT2D eigenvalue weighted by atomic mass is 9.99. The third-order valence-corrected chi connectivity index (χ3v) is 6.19. The fourth-order valence-electron chi connectivity index (χ4n) is 2.69. The molecule has 0 saturated carbocycles. The van der Waals surface area contributed by atoms with Crippen LogP contribution in [0.1, 0.15) is 84.5 Å². The number of hydrogen-bond acceptors (Lipinski definition) is 7. The molecule has 1 N–H and O–H groups in total. The van der Waals surface area contributed by atoms with E-state index in [0.29, 0.717) is 6.42 Å². The first-order chi connectivity index (χ1) is 13.4. The van der Waals surface area contributed by atoms with Gasteiger partial charge in [0.25, 0.3) is 0 Å². The van der Waals surface area contributed by atoms with E-state index < -0.39 is 13.9 Å². The SMILES string of the molecule is CC[C@H](C)CCCCCCCCCCC(=O)OC[C@H](O)COP(=O)(OC)OC. The van der Waals surface area contributed by atoms with Gasteiger partial charge in [0, 0.05) is 20.6 Å². The van der Waals surface area contributed by atoms with Gasteiger partial charge in [0.2, 0.25) is 0 Å². The predicted octanol–water partition coefficient (Wildman–Crippen LogP) is 5.26. The lowest BCUT2D eigenvalue weighted by molar-refractivity contribution is -0.147. The van der Waals surface area contributed by atoms with Gasteiger partial charge >= 0.3 is 13.8 Å². The highest BCUT2D eigenvalue weighted by Crippen LogP contribution is 2.47. The van der Waals surface area contributed by atoms with Gasteiger partial charge in [0.1, 0.15) is 12.7 Å². The number of carbonyl (C=O) groups excluding carboxylic acids is 1. The highest BCUT2D eigenvalue weighted by Gasteiger charge is 2.24. The molecule has 7 nitrogen and oxygen atoms in total. The average Bonchev–Trinajstić information content (AvgIpc) is 2.71. The zero-order chi connectivity index (χ0) is 21.3.